The maximum Gasteiger partial charge on any atom is 0.108 e. The van der Waals surface area contributed by atoms with E-state index in [-0.39, 0.29) is 6.10 Å². The molecule has 1 unspecified atom stereocenters. The van der Waals surface area contributed by atoms with Crippen molar-refractivity contribution in [1.82, 2.24) is 9.55 Å². The van der Waals surface area contributed by atoms with Crippen LogP contribution in [0.5, 0.6) is 0 Å². The highest BCUT2D eigenvalue weighted by Crippen LogP contribution is 2.08. The lowest BCUT2D eigenvalue weighted by Gasteiger charge is -2.09. The highest BCUT2D eigenvalue weighted by atomic mass is 16.3. The van der Waals surface area contributed by atoms with Gasteiger partial charge in [0.1, 0.15) is 5.82 Å². The van der Waals surface area contributed by atoms with Gasteiger partial charge in [0.2, 0.25) is 0 Å². The third-order valence-corrected chi connectivity index (χ3v) is 2.70. The molecule has 86 valence electrons. The van der Waals surface area contributed by atoms with Crippen LogP contribution >= 0.6 is 0 Å². The first-order valence-corrected chi connectivity index (χ1v) is 5.96. The van der Waals surface area contributed by atoms with Crippen molar-refractivity contribution in [2.75, 3.05) is 0 Å². The Labute approximate surface area is 92.1 Å². The third kappa shape index (κ3) is 4.04. The number of nitrogens with zero attached hydrogens (tertiary/aromatic N) is 2. The average molecular weight is 210 g/mol. The largest absolute Gasteiger partial charge is 0.393 e. The summed E-state index contributed by atoms with van der Waals surface area (Å²) in [6.07, 6.45) is 8.61. The van der Waals surface area contributed by atoms with E-state index in [2.05, 4.69) is 23.4 Å². The van der Waals surface area contributed by atoms with Gasteiger partial charge in [-0.25, -0.2) is 4.98 Å². The van der Waals surface area contributed by atoms with Crippen molar-refractivity contribution >= 4 is 0 Å². The molecule has 1 rings (SSSR count). The van der Waals surface area contributed by atoms with Crippen molar-refractivity contribution < 1.29 is 5.11 Å². The molecule has 0 fully saturated rings. The van der Waals surface area contributed by atoms with Crippen molar-refractivity contribution in [3.05, 3.63) is 18.2 Å². The molecule has 0 aromatic carbocycles. The topological polar surface area (TPSA) is 38.1 Å². The standard InChI is InChI=1S/C12H22N2O/c1-3-6-11(15)7-5-8-12-13-9-10-14(12)4-2/h9-11,15H,3-8H2,1-2H3. The lowest BCUT2D eigenvalue weighted by atomic mass is 10.1. The SMILES string of the molecule is CCCC(O)CCCc1nccn1CC. The Morgan fingerprint density at radius 3 is 2.87 bits per heavy atom. The van der Waals surface area contributed by atoms with E-state index in [0.29, 0.717) is 0 Å². The Hall–Kier alpha value is -0.830. The van der Waals surface area contributed by atoms with Crippen LogP contribution < -0.4 is 0 Å². The zero-order valence-corrected chi connectivity index (χ0v) is 9.82. The minimum atomic E-state index is -0.125. The summed E-state index contributed by atoms with van der Waals surface area (Å²) in [6, 6.07) is 0. The number of aromatic nitrogens is 2. The van der Waals surface area contributed by atoms with Gasteiger partial charge in [0.05, 0.1) is 6.10 Å². The smallest absolute Gasteiger partial charge is 0.108 e. The van der Waals surface area contributed by atoms with Gasteiger partial charge in [-0.2, -0.15) is 0 Å². The molecule has 0 aliphatic heterocycles. The van der Waals surface area contributed by atoms with Crippen LogP contribution in [0.15, 0.2) is 12.4 Å². The minimum absolute atomic E-state index is 0.125. The Bertz CT molecular complexity index is 270. The van der Waals surface area contributed by atoms with Crippen molar-refractivity contribution in [3.63, 3.8) is 0 Å². The molecule has 15 heavy (non-hydrogen) atoms. The molecule has 1 atom stereocenters. The van der Waals surface area contributed by atoms with Crippen molar-refractivity contribution in [2.24, 2.45) is 0 Å². The van der Waals surface area contributed by atoms with Crippen molar-refractivity contribution in [2.45, 2.75) is 58.6 Å². The van der Waals surface area contributed by atoms with Crippen LogP contribution in [-0.2, 0) is 13.0 Å². The summed E-state index contributed by atoms with van der Waals surface area (Å²) in [4.78, 5) is 4.31. The molecule has 0 aliphatic rings. The fraction of sp³-hybridized carbons (Fsp3) is 0.750. The van der Waals surface area contributed by atoms with Gasteiger partial charge in [0.25, 0.3) is 0 Å². The summed E-state index contributed by atoms with van der Waals surface area (Å²) in [5.41, 5.74) is 0. The average Bonchev–Trinajstić information content (AvgIpc) is 2.66. The van der Waals surface area contributed by atoms with Gasteiger partial charge in [-0.3, -0.25) is 0 Å². The summed E-state index contributed by atoms with van der Waals surface area (Å²) in [6.45, 7) is 5.21. The first kappa shape index (κ1) is 12.2. The van der Waals surface area contributed by atoms with Gasteiger partial charge < -0.3 is 9.67 Å². The van der Waals surface area contributed by atoms with E-state index in [0.717, 1.165) is 44.5 Å². The second kappa shape index (κ2) is 6.62. The summed E-state index contributed by atoms with van der Waals surface area (Å²) in [5, 5.41) is 9.58. The molecular formula is C12H22N2O. The number of rotatable bonds is 7. The van der Waals surface area contributed by atoms with E-state index in [1.165, 1.54) is 0 Å². The molecule has 0 bridgehead atoms. The first-order chi connectivity index (χ1) is 7.27. The Morgan fingerprint density at radius 2 is 2.20 bits per heavy atom. The van der Waals surface area contributed by atoms with E-state index in [9.17, 15) is 5.11 Å². The van der Waals surface area contributed by atoms with Crippen LogP contribution in [0.25, 0.3) is 0 Å². The van der Waals surface area contributed by atoms with Crippen LogP contribution in [0.3, 0.4) is 0 Å². The van der Waals surface area contributed by atoms with Gasteiger partial charge in [0, 0.05) is 25.4 Å². The summed E-state index contributed by atoms with van der Waals surface area (Å²) >= 11 is 0. The molecule has 1 aromatic rings. The first-order valence-electron chi connectivity index (χ1n) is 5.96. The highest BCUT2D eigenvalue weighted by Gasteiger charge is 2.05. The predicted octanol–water partition coefficient (Wildman–Crippen LogP) is 2.39. The number of aryl methyl sites for hydroxylation is 2. The number of hydrogen-bond donors (Lipinski definition) is 1. The number of imidazole rings is 1. The fourth-order valence-corrected chi connectivity index (χ4v) is 1.83. The molecule has 1 aromatic heterocycles. The fourth-order valence-electron chi connectivity index (χ4n) is 1.83. The predicted molar refractivity (Wildman–Crippen MR) is 61.8 cm³/mol. The minimum Gasteiger partial charge on any atom is -0.393 e. The zero-order valence-electron chi connectivity index (χ0n) is 9.82. The van der Waals surface area contributed by atoms with E-state index < -0.39 is 0 Å². The van der Waals surface area contributed by atoms with Gasteiger partial charge in [-0.1, -0.05) is 13.3 Å². The molecule has 1 heterocycles. The van der Waals surface area contributed by atoms with E-state index in [4.69, 9.17) is 0 Å². The maximum absolute atomic E-state index is 9.58. The molecule has 0 saturated heterocycles. The van der Waals surface area contributed by atoms with Crippen LogP contribution in [-0.4, -0.2) is 20.8 Å². The number of aliphatic hydroxyl groups excluding tert-OH is 1. The third-order valence-electron chi connectivity index (χ3n) is 2.70. The second-order valence-electron chi connectivity index (χ2n) is 3.96. The van der Waals surface area contributed by atoms with Crippen LogP contribution in [0, 0.1) is 0 Å². The summed E-state index contributed by atoms with van der Waals surface area (Å²) < 4.78 is 2.16. The molecule has 3 nitrogen and oxygen atoms in total. The normalized spacial score (nSPS) is 13.0. The van der Waals surface area contributed by atoms with Gasteiger partial charge in [0.15, 0.2) is 0 Å². The molecule has 0 radical (unpaired) electrons. The van der Waals surface area contributed by atoms with Gasteiger partial charge in [-0.05, 0) is 26.2 Å². The lowest BCUT2D eigenvalue weighted by Crippen LogP contribution is -2.07. The van der Waals surface area contributed by atoms with Crippen molar-refractivity contribution in [3.8, 4) is 0 Å². The monoisotopic (exact) mass is 210 g/mol. The Balaban J connectivity index is 2.25. The number of aliphatic hydroxyl groups is 1. The quantitative estimate of drug-likeness (QED) is 0.750. The zero-order chi connectivity index (χ0) is 11.1. The van der Waals surface area contributed by atoms with E-state index >= 15 is 0 Å². The molecule has 0 amide bonds. The molecule has 0 spiro atoms. The summed E-state index contributed by atoms with van der Waals surface area (Å²) in [5.74, 6) is 1.14. The molecule has 1 N–H and O–H groups in total. The maximum atomic E-state index is 9.58. The Kier molecular flexibility index (Phi) is 5.40. The number of hydrogen-bond acceptors (Lipinski definition) is 2. The highest BCUT2D eigenvalue weighted by molar-refractivity contribution is 4.92. The molecule has 0 aliphatic carbocycles. The van der Waals surface area contributed by atoms with E-state index in [1.54, 1.807) is 0 Å². The lowest BCUT2D eigenvalue weighted by molar-refractivity contribution is 0.151. The van der Waals surface area contributed by atoms with Crippen molar-refractivity contribution in [1.29, 1.82) is 0 Å². The van der Waals surface area contributed by atoms with Gasteiger partial charge >= 0.3 is 0 Å². The van der Waals surface area contributed by atoms with Crippen LogP contribution in [0.2, 0.25) is 0 Å². The second-order valence-corrected chi connectivity index (χ2v) is 3.96. The molecule has 3 heteroatoms. The summed E-state index contributed by atoms with van der Waals surface area (Å²) in [7, 11) is 0. The molecular weight excluding hydrogens is 188 g/mol. The van der Waals surface area contributed by atoms with Crippen LogP contribution in [0.1, 0.15) is 45.4 Å². The van der Waals surface area contributed by atoms with Gasteiger partial charge in [-0.15, -0.1) is 0 Å². The molecule has 0 saturated carbocycles. The Morgan fingerprint density at radius 1 is 1.40 bits per heavy atom. The van der Waals surface area contributed by atoms with E-state index in [1.807, 2.05) is 12.4 Å². The van der Waals surface area contributed by atoms with Crippen LogP contribution in [0.4, 0.5) is 0 Å².